The third kappa shape index (κ3) is 3.88. The van der Waals surface area contributed by atoms with Crippen LogP contribution in [0.25, 0.3) is 0 Å². The van der Waals surface area contributed by atoms with Gasteiger partial charge in [0.1, 0.15) is 11.9 Å². The van der Waals surface area contributed by atoms with Gasteiger partial charge in [-0.05, 0) is 23.8 Å². The number of benzene rings is 1. The number of hydrogen-bond donors (Lipinski definition) is 3. The molecule has 0 spiro atoms. The lowest BCUT2D eigenvalue weighted by molar-refractivity contribution is -0.138. The zero-order chi connectivity index (χ0) is 12.1. The van der Waals surface area contributed by atoms with Crippen molar-refractivity contribution in [3.05, 3.63) is 34.1 Å². The number of hydrogen-bond acceptors (Lipinski definition) is 3. The summed E-state index contributed by atoms with van der Waals surface area (Å²) in [5.41, 5.74) is 6.02. The van der Waals surface area contributed by atoms with Gasteiger partial charge < -0.3 is 16.2 Å². The van der Waals surface area contributed by atoms with Gasteiger partial charge in [0.05, 0.1) is 0 Å². The molecule has 1 aromatic rings. The molecule has 0 radical (unpaired) electrons. The molecule has 0 aromatic heterocycles. The predicted molar refractivity (Wildman–Crippen MR) is 61.4 cm³/mol. The Balaban J connectivity index is 2.48. The van der Waals surface area contributed by atoms with Crippen molar-refractivity contribution in [1.82, 2.24) is 5.32 Å². The van der Waals surface area contributed by atoms with Gasteiger partial charge in [0, 0.05) is 17.6 Å². The average Bonchev–Trinajstić information content (AvgIpc) is 2.22. The smallest absolute Gasteiger partial charge is 0.321 e. The van der Waals surface area contributed by atoms with E-state index in [0.717, 1.165) is 10.0 Å². The predicted octanol–water partition coefficient (Wildman–Crippen LogP) is 1.09. The molecule has 1 aromatic carbocycles. The van der Waals surface area contributed by atoms with Gasteiger partial charge in [-0.2, -0.15) is 0 Å². The largest absolute Gasteiger partial charge is 0.480 e. The summed E-state index contributed by atoms with van der Waals surface area (Å²) in [4.78, 5) is 10.4. The van der Waals surface area contributed by atoms with Crippen LogP contribution in [0.1, 0.15) is 5.56 Å². The van der Waals surface area contributed by atoms with Gasteiger partial charge in [-0.25, -0.2) is 4.39 Å². The summed E-state index contributed by atoms with van der Waals surface area (Å²) in [7, 11) is 0. The molecule has 1 unspecified atom stereocenters. The normalized spacial score (nSPS) is 12.4. The Kier molecular flexibility index (Phi) is 4.85. The lowest BCUT2D eigenvalue weighted by Crippen LogP contribution is -2.40. The zero-order valence-electron chi connectivity index (χ0n) is 8.41. The number of halogens is 2. The molecule has 0 aliphatic rings. The fraction of sp³-hybridized carbons (Fsp3) is 0.300. The van der Waals surface area contributed by atoms with E-state index in [2.05, 4.69) is 21.2 Å². The van der Waals surface area contributed by atoms with Crippen molar-refractivity contribution in [2.75, 3.05) is 6.54 Å². The maximum atomic E-state index is 12.9. The van der Waals surface area contributed by atoms with Crippen LogP contribution in [0.4, 0.5) is 4.39 Å². The van der Waals surface area contributed by atoms with E-state index in [1.807, 2.05) is 0 Å². The molecule has 0 heterocycles. The second kappa shape index (κ2) is 5.93. The topological polar surface area (TPSA) is 75.3 Å². The third-order valence-corrected chi connectivity index (χ3v) is 2.78. The number of carboxylic acid groups (broad SMARTS) is 1. The van der Waals surface area contributed by atoms with Crippen LogP contribution in [0.2, 0.25) is 0 Å². The highest BCUT2D eigenvalue weighted by Crippen LogP contribution is 2.17. The first-order valence-corrected chi connectivity index (χ1v) is 5.43. The summed E-state index contributed by atoms with van der Waals surface area (Å²) in [6, 6.07) is 3.37. The van der Waals surface area contributed by atoms with E-state index in [0.29, 0.717) is 6.54 Å². The number of rotatable bonds is 5. The van der Waals surface area contributed by atoms with Crippen LogP contribution < -0.4 is 11.1 Å². The first-order valence-electron chi connectivity index (χ1n) is 4.63. The summed E-state index contributed by atoms with van der Waals surface area (Å²) in [6.07, 6.45) is 0. The summed E-state index contributed by atoms with van der Waals surface area (Å²) in [5.74, 6) is -1.40. The van der Waals surface area contributed by atoms with Crippen LogP contribution >= 0.6 is 15.9 Å². The molecule has 0 bridgehead atoms. The average molecular weight is 291 g/mol. The number of aliphatic carboxylic acids is 1. The van der Waals surface area contributed by atoms with E-state index >= 15 is 0 Å². The maximum Gasteiger partial charge on any atom is 0.321 e. The summed E-state index contributed by atoms with van der Waals surface area (Å²) in [5, 5.41) is 11.4. The molecular weight excluding hydrogens is 279 g/mol. The number of nitrogens with two attached hydrogens (primary N) is 1. The number of carboxylic acids is 1. The van der Waals surface area contributed by atoms with Gasteiger partial charge in [0.2, 0.25) is 0 Å². The van der Waals surface area contributed by atoms with Crippen molar-refractivity contribution in [3.63, 3.8) is 0 Å². The maximum absolute atomic E-state index is 12.9. The van der Waals surface area contributed by atoms with E-state index in [-0.39, 0.29) is 12.4 Å². The molecule has 1 atom stereocenters. The van der Waals surface area contributed by atoms with E-state index in [9.17, 15) is 9.18 Å². The van der Waals surface area contributed by atoms with Gasteiger partial charge in [-0.3, -0.25) is 4.79 Å². The molecule has 16 heavy (non-hydrogen) atoms. The van der Waals surface area contributed by atoms with Crippen LogP contribution in [-0.2, 0) is 11.3 Å². The Morgan fingerprint density at radius 1 is 1.62 bits per heavy atom. The first kappa shape index (κ1) is 13.1. The molecule has 0 aliphatic heterocycles. The monoisotopic (exact) mass is 290 g/mol. The lowest BCUT2D eigenvalue weighted by Gasteiger charge is -2.09. The molecule has 1 rings (SSSR count). The van der Waals surface area contributed by atoms with Gasteiger partial charge in [0.25, 0.3) is 0 Å². The molecule has 4 nitrogen and oxygen atoms in total. The lowest BCUT2D eigenvalue weighted by atomic mass is 10.2. The van der Waals surface area contributed by atoms with Crippen molar-refractivity contribution in [2.45, 2.75) is 12.6 Å². The Bertz CT molecular complexity index is 387. The molecule has 88 valence electrons. The number of carbonyl (C=O) groups is 1. The summed E-state index contributed by atoms with van der Waals surface area (Å²) in [6.45, 7) is 0.498. The molecule has 0 saturated carbocycles. The van der Waals surface area contributed by atoms with Gasteiger partial charge in [-0.15, -0.1) is 0 Å². The Morgan fingerprint density at radius 2 is 2.31 bits per heavy atom. The van der Waals surface area contributed by atoms with Crippen molar-refractivity contribution in [3.8, 4) is 0 Å². The minimum absolute atomic E-state index is 0.137. The van der Waals surface area contributed by atoms with Crippen LogP contribution in [0.15, 0.2) is 22.7 Å². The minimum atomic E-state index is -1.06. The van der Waals surface area contributed by atoms with Crippen LogP contribution in [0, 0.1) is 5.82 Å². The van der Waals surface area contributed by atoms with Crippen molar-refractivity contribution in [1.29, 1.82) is 0 Å². The second-order valence-corrected chi connectivity index (χ2v) is 4.17. The van der Waals surface area contributed by atoms with E-state index < -0.39 is 12.0 Å². The molecule has 4 N–H and O–H groups in total. The minimum Gasteiger partial charge on any atom is -0.480 e. The van der Waals surface area contributed by atoms with Crippen molar-refractivity contribution >= 4 is 21.9 Å². The quantitative estimate of drug-likeness (QED) is 0.759. The Morgan fingerprint density at radius 3 is 2.94 bits per heavy atom. The van der Waals surface area contributed by atoms with Gasteiger partial charge in [-0.1, -0.05) is 15.9 Å². The molecule has 0 amide bonds. The molecular formula is C10H12BrFN2O2. The summed E-state index contributed by atoms with van der Waals surface area (Å²) < 4.78 is 13.7. The highest BCUT2D eigenvalue weighted by atomic mass is 79.9. The van der Waals surface area contributed by atoms with Crippen molar-refractivity contribution < 1.29 is 14.3 Å². The number of nitrogens with one attached hydrogen (secondary N) is 1. The zero-order valence-corrected chi connectivity index (χ0v) is 10.00. The molecule has 6 heteroatoms. The SMILES string of the molecule is NC(CNCc1cc(F)ccc1Br)C(=O)O. The highest BCUT2D eigenvalue weighted by Gasteiger charge is 2.10. The third-order valence-electron chi connectivity index (χ3n) is 2.00. The van der Waals surface area contributed by atoms with E-state index in [4.69, 9.17) is 10.8 Å². The fourth-order valence-corrected chi connectivity index (χ4v) is 1.52. The molecule has 0 aliphatic carbocycles. The molecule has 0 saturated heterocycles. The first-order chi connectivity index (χ1) is 7.50. The van der Waals surface area contributed by atoms with E-state index in [1.165, 1.54) is 12.1 Å². The fourth-order valence-electron chi connectivity index (χ4n) is 1.13. The Labute approximate surface area is 101 Å². The van der Waals surface area contributed by atoms with E-state index in [1.54, 1.807) is 6.07 Å². The van der Waals surface area contributed by atoms with Crippen LogP contribution in [0.5, 0.6) is 0 Å². The highest BCUT2D eigenvalue weighted by molar-refractivity contribution is 9.10. The van der Waals surface area contributed by atoms with Crippen LogP contribution in [-0.4, -0.2) is 23.7 Å². The molecule has 0 fully saturated rings. The van der Waals surface area contributed by atoms with Gasteiger partial charge >= 0.3 is 5.97 Å². The Hall–Kier alpha value is -0.980. The summed E-state index contributed by atoms with van der Waals surface area (Å²) >= 11 is 3.27. The van der Waals surface area contributed by atoms with Gasteiger partial charge in [0.15, 0.2) is 0 Å². The van der Waals surface area contributed by atoms with Crippen LogP contribution in [0.3, 0.4) is 0 Å². The van der Waals surface area contributed by atoms with Crippen molar-refractivity contribution in [2.24, 2.45) is 5.73 Å². The second-order valence-electron chi connectivity index (χ2n) is 3.31. The standard InChI is InChI=1S/C10H12BrFN2O2/c11-8-2-1-7(12)3-6(8)4-14-5-9(13)10(15)16/h1-3,9,14H,4-5,13H2,(H,15,16).